The maximum atomic E-state index is 4.22. The van der Waals surface area contributed by atoms with Crippen molar-refractivity contribution in [3.8, 4) is 0 Å². The molecule has 0 spiro atoms. The van der Waals surface area contributed by atoms with Crippen molar-refractivity contribution in [3.05, 3.63) is 54.1 Å². The van der Waals surface area contributed by atoms with E-state index in [1.165, 1.54) is 21.0 Å². The third-order valence-corrected chi connectivity index (χ3v) is 6.97. The van der Waals surface area contributed by atoms with E-state index >= 15 is 0 Å². The standard InChI is InChI=1S/C22H29N3S2/c1-17(19-5-9-22(10-6-19)27-18(2)23-3)24-13-15-25(16-14-24)20-7-11-21(26-4)12-8-20/h5-12,17H,13-16H2,1-4H3. The quantitative estimate of drug-likeness (QED) is 0.379. The Morgan fingerprint density at radius 3 is 2.07 bits per heavy atom. The number of piperazine rings is 1. The van der Waals surface area contributed by atoms with Crippen molar-refractivity contribution < 1.29 is 0 Å². The molecule has 144 valence electrons. The molecular weight excluding hydrogens is 370 g/mol. The van der Waals surface area contributed by atoms with E-state index < -0.39 is 0 Å². The fourth-order valence-electron chi connectivity index (χ4n) is 3.40. The van der Waals surface area contributed by atoms with Crippen molar-refractivity contribution in [2.24, 2.45) is 4.99 Å². The number of hydrogen-bond donors (Lipinski definition) is 0. The fraction of sp³-hybridized carbons (Fsp3) is 0.409. The van der Waals surface area contributed by atoms with Crippen LogP contribution in [0.15, 0.2) is 63.3 Å². The lowest BCUT2D eigenvalue weighted by Gasteiger charge is -2.39. The maximum Gasteiger partial charge on any atom is 0.0689 e. The van der Waals surface area contributed by atoms with Gasteiger partial charge in [-0.05, 0) is 62.1 Å². The van der Waals surface area contributed by atoms with Gasteiger partial charge in [0.05, 0.1) is 5.04 Å². The summed E-state index contributed by atoms with van der Waals surface area (Å²) in [7, 11) is 1.84. The predicted molar refractivity (Wildman–Crippen MR) is 122 cm³/mol. The summed E-state index contributed by atoms with van der Waals surface area (Å²) in [6, 6.07) is 18.4. The van der Waals surface area contributed by atoms with Gasteiger partial charge in [-0.1, -0.05) is 23.9 Å². The molecule has 0 saturated carbocycles. The highest BCUT2D eigenvalue weighted by Crippen LogP contribution is 2.27. The van der Waals surface area contributed by atoms with Crippen molar-refractivity contribution in [2.75, 3.05) is 44.4 Å². The van der Waals surface area contributed by atoms with E-state index in [1.54, 1.807) is 23.5 Å². The lowest BCUT2D eigenvalue weighted by atomic mass is 10.1. The summed E-state index contributed by atoms with van der Waals surface area (Å²) in [5.74, 6) is 0. The maximum absolute atomic E-state index is 4.22. The summed E-state index contributed by atoms with van der Waals surface area (Å²) < 4.78 is 0. The molecule has 0 bridgehead atoms. The minimum Gasteiger partial charge on any atom is -0.369 e. The van der Waals surface area contributed by atoms with Crippen LogP contribution >= 0.6 is 23.5 Å². The van der Waals surface area contributed by atoms with Gasteiger partial charge >= 0.3 is 0 Å². The van der Waals surface area contributed by atoms with Crippen LogP contribution < -0.4 is 4.90 Å². The van der Waals surface area contributed by atoms with Crippen LogP contribution in [-0.4, -0.2) is 49.4 Å². The van der Waals surface area contributed by atoms with Crippen LogP contribution in [0.4, 0.5) is 5.69 Å². The van der Waals surface area contributed by atoms with E-state index in [2.05, 4.69) is 83.4 Å². The average molecular weight is 400 g/mol. The third kappa shape index (κ3) is 5.31. The summed E-state index contributed by atoms with van der Waals surface area (Å²) in [6.07, 6.45) is 2.12. The van der Waals surface area contributed by atoms with Gasteiger partial charge in [0.15, 0.2) is 0 Å². The van der Waals surface area contributed by atoms with Crippen LogP contribution in [0.5, 0.6) is 0 Å². The molecule has 0 amide bonds. The molecule has 1 atom stereocenters. The minimum absolute atomic E-state index is 0.450. The monoisotopic (exact) mass is 399 g/mol. The predicted octanol–water partition coefficient (Wildman–Crippen LogP) is 5.43. The highest BCUT2D eigenvalue weighted by atomic mass is 32.2. The lowest BCUT2D eigenvalue weighted by Crippen LogP contribution is -2.47. The second kappa shape index (κ2) is 9.67. The van der Waals surface area contributed by atoms with Crippen LogP contribution in [0.3, 0.4) is 0 Å². The van der Waals surface area contributed by atoms with Crippen molar-refractivity contribution in [1.82, 2.24) is 4.90 Å². The fourth-order valence-corrected chi connectivity index (χ4v) is 4.51. The summed E-state index contributed by atoms with van der Waals surface area (Å²) in [6.45, 7) is 8.75. The number of nitrogens with zero attached hydrogens (tertiary/aromatic N) is 3. The lowest BCUT2D eigenvalue weighted by molar-refractivity contribution is 0.198. The van der Waals surface area contributed by atoms with Gasteiger partial charge in [-0.15, -0.1) is 11.8 Å². The van der Waals surface area contributed by atoms with Crippen LogP contribution in [0.2, 0.25) is 0 Å². The number of benzene rings is 2. The van der Waals surface area contributed by atoms with Gasteiger partial charge in [0.1, 0.15) is 0 Å². The highest BCUT2D eigenvalue weighted by Gasteiger charge is 2.22. The Labute approximate surface area is 172 Å². The highest BCUT2D eigenvalue weighted by molar-refractivity contribution is 8.13. The van der Waals surface area contributed by atoms with Crippen LogP contribution in [0, 0.1) is 0 Å². The zero-order valence-corrected chi connectivity index (χ0v) is 18.3. The Bertz CT molecular complexity index is 748. The average Bonchev–Trinajstić information content (AvgIpc) is 2.74. The molecule has 1 fully saturated rings. The molecule has 0 aliphatic carbocycles. The van der Waals surface area contributed by atoms with Crippen molar-refractivity contribution in [2.45, 2.75) is 29.7 Å². The van der Waals surface area contributed by atoms with Gasteiger partial charge < -0.3 is 4.90 Å². The van der Waals surface area contributed by atoms with Crippen LogP contribution in [0.1, 0.15) is 25.5 Å². The van der Waals surface area contributed by atoms with Crippen molar-refractivity contribution >= 4 is 34.3 Å². The first kappa shape index (κ1) is 20.3. The molecule has 2 aromatic carbocycles. The molecule has 0 aromatic heterocycles. The zero-order valence-electron chi connectivity index (χ0n) is 16.7. The zero-order chi connectivity index (χ0) is 19.2. The van der Waals surface area contributed by atoms with E-state index in [0.29, 0.717) is 6.04 Å². The molecule has 1 saturated heterocycles. The van der Waals surface area contributed by atoms with E-state index in [4.69, 9.17) is 0 Å². The van der Waals surface area contributed by atoms with Gasteiger partial charge in [-0.25, -0.2) is 0 Å². The van der Waals surface area contributed by atoms with Gasteiger partial charge in [-0.2, -0.15) is 0 Å². The van der Waals surface area contributed by atoms with Crippen LogP contribution in [0.25, 0.3) is 0 Å². The van der Waals surface area contributed by atoms with Gasteiger partial charge in [-0.3, -0.25) is 9.89 Å². The van der Waals surface area contributed by atoms with Crippen molar-refractivity contribution in [1.29, 1.82) is 0 Å². The Morgan fingerprint density at radius 1 is 0.926 bits per heavy atom. The molecule has 27 heavy (non-hydrogen) atoms. The van der Waals surface area contributed by atoms with Gasteiger partial charge in [0.2, 0.25) is 0 Å². The van der Waals surface area contributed by atoms with Gasteiger partial charge in [0.25, 0.3) is 0 Å². The molecular formula is C22H29N3S2. The van der Waals surface area contributed by atoms with E-state index in [0.717, 1.165) is 31.2 Å². The number of anilines is 1. The Hall–Kier alpha value is -1.43. The number of aliphatic imine (C=N–C) groups is 1. The molecule has 1 aliphatic heterocycles. The molecule has 3 nitrogen and oxygen atoms in total. The molecule has 0 N–H and O–H groups in total. The molecule has 5 heteroatoms. The molecule has 1 unspecified atom stereocenters. The second-order valence-electron chi connectivity index (χ2n) is 6.81. The molecule has 1 heterocycles. The van der Waals surface area contributed by atoms with Crippen LogP contribution in [-0.2, 0) is 0 Å². The first-order valence-corrected chi connectivity index (χ1v) is 11.5. The largest absolute Gasteiger partial charge is 0.369 e. The number of hydrogen-bond acceptors (Lipinski definition) is 5. The molecule has 2 aromatic rings. The third-order valence-electron chi connectivity index (χ3n) is 5.24. The smallest absolute Gasteiger partial charge is 0.0689 e. The summed E-state index contributed by atoms with van der Waals surface area (Å²) in [5, 5.41) is 1.09. The minimum atomic E-state index is 0.450. The summed E-state index contributed by atoms with van der Waals surface area (Å²) >= 11 is 3.52. The SMILES string of the molecule is CN=C(C)Sc1ccc(C(C)N2CCN(c3ccc(SC)cc3)CC2)cc1. The summed E-state index contributed by atoms with van der Waals surface area (Å²) in [5.41, 5.74) is 2.73. The second-order valence-corrected chi connectivity index (χ2v) is 8.96. The molecule has 0 radical (unpaired) electrons. The number of thioether (sulfide) groups is 2. The Balaban J connectivity index is 1.56. The Morgan fingerprint density at radius 2 is 1.52 bits per heavy atom. The van der Waals surface area contributed by atoms with Gasteiger partial charge in [0, 0.05) is 54.7 Å². The molecule has 3 rings (SSSR count). The van der Waals surface area contributed by atoms with E-state index in [9.17, 15) is 0 Å². The first-order valence-electron chi connectivity index (χ1n) is 9.45. The van der Waals surface area contributed by atoms with Crippen molar-refractivity contribution in [3.63, 3.8) is 0 Å². The summed E-state index contributed by atoms with van der Waals surface area (Å²) in [4.78, 5) is 11.9. The van der Waals surface area contributed by atoms with E-state index in [1.807, 2.05) is 7.05 Å². The molecule has 1 aliphatic rings. The van der Waals surface area contributed by atoms with E-state index in [-0.39, 0.29) is 0 Å². The Kier molecular flexibility index (Phi) is 7.27. The first-order chi connectivity index (χ1) is 13.1. The normalized spacial score (nSPS) is 17.2. The number of rotatable bonds is 5. The topological polar surface area (TPSA) is 18.8 Å².